The van der Waals surface area contributed by atoms with E-state index in [-0.39, 0.29) is 18.5 Å². The predicted molar refractivity (Wildman–Crippen MR) is 81.3 cm³/mol. The first kappa shape index (κ1) is 18.3. The molecule has 8 nitrogen and oxygen atoms in total. The Morgan fingerprint density at radius 3 is 1.83 bits per heavy atom. The first-order valence-electron chi connectivity index (χ1n) is 7.15. The summed E-state index contributed by atoms with van der Waals surface area (Å²) in [6.07, 6.45) is 0.951. The number of esters is 2. The van der Waals surface area contributed by atoms with Crippen molar-refractivity contribution in [1.29, 1.82) is 0 Å². The molecule has 2 aliphatic heterocycles. The van der Waals surface area contributed by atoms with Gasteiger partial charge in [-0.3, -0.25) is 0 Å². The predicted octanol–water partition coefficient (Wildman–Crippen LogP) is 2.08. The van der Waals surface area contributed by atoms with Gasteiger partial charge in [-0.15, -0.1) is 0 Å². The Labute approximate surface area is 135 Å². The summed E-state index contributed by atoms with van der Waals surface area (Å²) in [6, 6.07) is 0. The minimum absolute atomic E-state index is 0.166. The van der Waals surface area contributed by atoms with Crippen LogP contribution in [-0.4, -0.2) is 50.6 Å². The Morgan fingerprint density at radius 1 is 0.957 bits per heavy atom. The molecule has 132 valence electrons. The van der Waals surface area contributed by atoms with Crippen molar-refractivity contribution in [3.05, 3.63) is 11.4 Å². The second-order valence-corrected chi connectivity index (χ2v) is 9.21. The van der Waals surface area contributed by atoms with Gasteiger partial charge in [0.05, 0.1) is 0 Å². The molecule has 0 aromatic heterocycles. The Balaban J connectivity index is 2.67. The first-order chi connectivity index (χ1) is 10.5. The summed E-state index contributed by atoms with van der Waals surface area (Å²) in [7, 11) is -2.12. The SMILES string of the molecule is COC(=O)/C=C(/C(=O)OC)P12(OCCO1)OC(C)(C)C(C)(C)O2. The van der Waals surface area contributed by atoms with E-state index in [9.17, 15) is 9.59 Å². The molecule has 2 aliphatic rings. The van der Waals surface area contributed by atoms with Crippen LogP contribution >= 0.6 is 7.51 Å². The summed E-state index contributed by atoms with van der Waals surface area (Å²) in [4.78, 5) is 24.1. The van der Waals surface area contributed by atoms with E-state index in [1.807, 2.05) is 0 Å². The van der Waals surface area contributed by atoms with Gasteiger partial charge in [-0.25, -0.2) is 0 Å². The van der Waals surface area contributed by atoms with Crippen LogP contribution in [0.3, 0.4) is 0 Å². The van der Waals surface area contributed by atoms with Gasteiger partial charge in [0.1, 0.15) is 0 Å². The van der Waals surface area contributed by atoms with Crippen LogP contribution in [0, 0.1) is 0 Å². The molecule has 0 aromatic carbocycles. The summed E-state index contributed by atoms with van der Waals surface area (Å²) in [5.74, 6) is -1.60. The van der Waals surface area contributed by atoms with Gasteiger partial charge in [0, 0.05) is 0 Å². The zero-order chi connectivity index (χ0) is 17.5. The van der Waals surface area contributed by atoms with Crippen LogP contribution in [0.15, 0.2) is 11.4 Å². The summed E-state index contributed by atoms with van der Waals surface area (Å²) in [6.45, 7) is 7.52. The fourth-order valence-electron chi connectivity index (χ4n) is 2.38. The first-order valence-corrected chi connectivity index (χ1v) is 9.06. The Hall–Kier alpha value is -1.05. The molecule has 0 aliphatic carbocycles. The van der Waals surface area contributed by atoms with Crippen molar-refractivity contribution in [2.45, 2.75) is 38.9 Å². The van der Waals surface area contributed by atoms with E-state index in [1.54, 1.807) is 27.7 Å². The zero-order valence-corrected chi connectivity index (χ0v) is 15.1. The molecule has 23 heavy (non-hydrogen) atoms. The van der Waals surface area contributed by atoms with Crippen LogP contribution in [0.25, 0.3) is 0 Å². The molecule has 0 bridgehead atoms. The van der Waals surface area contributed by atoms with Crippen LogP contribution in [0.5, 0.6) is 0 Å². The van der Waals surface area contributed by atoms with Crippen molar-refractivity contribution < 1.29 is 37.2 Å². The van der Waals surface area contributed by atoms with Crippen molar-refractivity contribution in [1.82, 2.24) is 0 Å². The van der Waals surface area contributed by atoms with Gasteiger partial charge >= 0.3 is 134 Å². The maximum absolute atomic E-state index is 12.3. The van der Waals surface area contributed by atoms with E-state index in [4.69, 9.17) is 22.8 Å². The number of carbonyl (C=O) groups excluding carboxylic acids is 2. The molecule has 0 aromatic rings. The van der Waals surface area contributed by atoms with E-state index in [0.717, 1.165) is 6.08 Å². The summed E-state index contributed by atoms with van der Waals surface area (Å²) >= 11 is 0. The summed E-state index contributed by atoms with van der Waals surface area (Å²) in [5, 5.41) is -0.235. The molecule has 0 N–H and O–H groups in total. The van der Waals surface area contributed by atoms with Gasteiger partial charge in [0.15, 0.2) is 0 Å². The molecule has 9 heteroatoms. The molecule has 2 heterocycles. The Bertz CT molecular complexity index is 539. The number of methoxy groups -OCH3 is 2. The molecule has 0 unspecified atom stereocenters. The quantitative estimate of drug-likeness (QED) is 0.434. The standard InChI is InChI=1S/C14H23O8P/c1-13(2)14(3,4)22-23(21-13,19-7-8-20-23)10(12(16)18-6)9-11(15)17-5/h9H,7-8H2,1-6H3/b10-9-. The monoisotopic (exact) mass is 350 g/mol. The van der Waals surface area contributed by atoms with E-state index in [2.05, 4.69) is 4.74 Å². The van der Waals surface area contributed by atoms with Gasteiger partial charge in [-0.1, -0.05) is 0 Å². The molecule has 0 saturated carbocycles. The number of carbonyl (C=O) groups is 2. The Kier molecular flexibility index (Phi) is 4.37. The van der Waals surface area contributed by atoms with Crippen LogP contribution < -0.4 is 0 Å². The van der Waals surface area contributed by atoms with Crippen molar-refractivity contribution in [3.63, 3.8) is 0 Å². The average molecular weight is 350 g/mol. The minimum atomic E-state index is -4.49. The van der Waals surface area contributed by atoms with Gasteiger partial charge in [-0.05, 0) is 0 Å². The average Bonchev–Trinajstić information content (AvgIpc) is 2.93. The molecule has 0 radical (unpaired) electrons. The van der Waals surface area contributed by atoms with Crippen LogP contribution in [0.2, 0.25) is 0 Å². The maximum atomic E-state index is 12.3. The van der Waals surface area contributed by atoms with Crippen molar-refractivity contribution in [2.75, 3.05) is 27.4 Å². The third-order valence-corrected chi connectivity index (χ3v) is 8.07. The van der Waals surface area contributed by atoms with Gasteiger partial charge < -0.3 is 0 Å². The molecule has 0 amide bonds. The molecule has 0 atom stereocenters. The molecule has 1 spiro atoms. The number of rotatable bonds is 3. The number of hydrogen-bond donors (Lipinski definition) is 0. The zero-order valence-electron chi connectivity index (χ0n) is 14.2. The van der Waals surface area contributed by atoms with Gasteiger partial charge in [-0.2, -0.15) is 0 Å². The topological polar surface area (TPSA) is 89.5 Å². The molecule has 2 fully saturated rings. The van der Waals surface area contributed by atoms with Gasteiger partial charge in [0.25, 0.3) is 0 Å². The molecular weight excluding hydrogens is 327 g/mol. The van der Waals surface area contributed by atoms with Crippen molar-refractivity contribution in [3.8, 4) is 0 Å². The fourth-order valence-corrected chi connectivity index (χ4v) is 6.68. The number of hydrogen-bond acceptors (Lipinski definition) is 8. The van der Waals surface area contributed by atoms with E-state index in [0.29, 0.717) is 0 Å². The molecule has 2 rings (SSSR count). The van der Waals surface area contributed by atoms with Gasteiger partial charge in [0.2, 0.25) is 0 Å². The third kappa shape index (κ3) is 2.68. The summed E-state index contributed by atoms with van der Waals surface area (Å²) < 4.78 is 33.2. The second-order valence-electron chi connectivity index (χ2n) is 6.23. The van der Waals surface area contributed by atoms with Crippen LogP contribution in [-0.2, 0) is 37.2 Å². The van der Waals surface area contributed by atoms with E-state index in [1.165, 1.54) is 14.2 Å². The Morgan fingerprint density at radius 2 is 1.43 bits per heavy atom. The van der Waals surface area contributed by atoms with E-state index < -0.39 is 30.7 Å². The van der Waals surface area contributed by atoms with Crippen molar-refractivity contribution >= 4 is 19.4 Å². The molecule has 2 saturated heterocycles. The van der Waals surface area contributed by atoms with Crippen LogP contribution in [0.1, 0.15) is 27.7 Å². The third-order valence-electron chi connectivity index (χ3n) is 4.18. The summed E-state index contributed by atoms with van der Waals surface area (Å²) in [5.41, 5.74) is -1.67. The van der Waals surface area contributed by atoms with E-state index >= 15 is 0 Å². The number of ether oxygens (including phenoxy) is 2. The van der Waals surface area contributed by atoms with Crippen LogP contribution in [0.4, 0.5) is 0 Å². The fraction of sp³-hybridized carbons (Fsp3) is 0.714. The van der Waals surface area contributed by atoms with Crippen molar-refractivity contribution in [2.24, 2.45) is 0 Å². The molecular formula is C14H23O8P. The second kappa shape index (κ2) is 5.50. The normalized spacial score (nSPS) is 28.8.